The van der Waals surface area contributed by atoms with Gasteiger partial charge in [-0.3, -0.25) is 9.10 Å². The maximum absolute atomic E-state index is 13.6. The van der Waals surface area contributed by atoms with E-state index in [4.69, 9.17) is 11.6 Å². The fourth-order valence-corrected chi connectivity index (χ4v) is 6.05. The Morgan fingerprint density at radius 1 is 1.00 bits per heavy atom. The van der Waals surface area contributed by atoms with Crippen LogP contribution in [0.1, 0.15) is 47.8 Å². The highest BCUT2D eigenvalue weighted by atomic mass is 35.5. The van der Waals surface area contributed by atoms with Gasteiger partial charge in [-0.2, -0.15) is 5.10 Å². The topological polar surface area (TPSA) is 83.8 Å². The molecule has 0 bridgehead atoms. The molecule has 0 aliphatic rings. The quantitative estimate of drug-likeness (QED) is 0.182. The van der Waals surface area contributed by atoms with Gasteiger partial charge in [-0.15, -0.1) is 0 Å². The SMILES string of the molecule is Cc1ccc(S(=O)(=O)N(CC(=O)N/N=C/c2cc(C)n(-c3cccc(Cl)c3)c2C)c2ccc(C(C)C)cc2)cc1. The van der Waals surface area contributed by atoms with Gasteiger partial charge in [0.1, 0.15) is 6.54 Å². The van der Waals surface area contributed by atoms with Crippen molar-refractivity contribution >= 4 is 39.4 Å². The van der Waals surface area contributed by atoms with E-state index in [1.165, 1.54) is 0 Å². The minimum absolute atomic E-state index is 0.107. The van der Waals surface area contributed by atoms with Crippen LogP contribution in [0.25, 0.3) is 5.69 Å². The summed E-state index contributed by atoms with van der Waals surface area (Å²) in [6.45, 7) is 9.50. The molecule has 0 spiro atoms. The van der Waals surface area contributed by atoms with Crippen molar-refractivity contribution in [3.05, 3.63) is 112 Å². The molecule has 208 valence electrons. The molecule has 40 heavy (non-hydrogen) atoms. The lowest BCUT2D eigenvalue weighted by molar-refractivity contribution is -0.119. The smallest absolute Gasteiger partial charge is 0.264 e. The predicted octanol–water partition coefficient (Wildman–Crippen LogP) is 6.52. The molecule has 0 saturated heterocycles. The Bertz CT molecular complexity index is 1640. The van der Waals surface area contributed by atoms with Gasteiger partial charge in [0.15, 0.2) is 0 Å². The summed E-state index contributed by atoms with van der Waals surface area (Å²) in [7, 11) is -4.01. The molecule has 1 N–H and O–H groups in total. The Balaban J connectivity index is 1.56. The first-order chi connectivity index (χ1) is 19.0. The van der Waals surface area contributed by atoms with Gasteiger partial charge in [0.2, 0.25) is 0 Å². The van der Waals surface area contributed by atoms with E-state index in [0.29, 0.717) is 10.7 Å². The van der Waals surface area contributed by atoms with Crippen LogP contribution in [0.3, 0.4) is 0 Å². The Morgan fingerprint density at radius 2 is 1.68 bits per heavy atom. The van der Waals surface area contributed by atoms with E-state index in [2.05, 4.69) is 24.4 Å². The number of benzene rings is 3. The number of carbonyl (C=O) groups is 1. The summed E-state index contributed by atoms with van der Waals surface area (Å²) in [5.74, 6) is -0.279. The molecule has 0 unspecified atom stereocenters. The zero-order valence-corrected chi connectivity index (χ0v) is 24.8. The Morgan fingerprint density at radius 3 is 2.30 bits per heavy atom. The first-order valence-electron chi connectivity index (χ1n) is 12.9. The Kier molecular flexibility index (Phi) is 8.81. The summed E-state index contributed by atoms with van der Waals surface area (Å²) in [6.07, 6.45) is 1.55. The molecular formula is C31H33ClN4O3S. The molecule has 0 aliphatic carbocycles. The third-order valence-electron chi connectivity index (χ3n) is 6.67. The molecule has 4 rings (SSSR count). The second-order valence-corrected chi connectivity index (χ2v) is 12.3. The van der Waals surface area contributed by atoms with Gasteiger partial charge in [0.25, 0.3) is 15.9 Å². The van der Waals surface area contributed by atoms with E-state index in [1.807, 2.05) is 67.8 Å². The maximum Gasteiger partial charge on any atom is 0.264 e. The normalized spacial score (nSPS) is 11.8. The zero-order valence-electron chi connectivity index (χ0n) is 23.2. The van der Waals surface area contributed by atoms with E-state index in [-0.39, 0.29) is 10.8 Å². The molecule has 0 fully saturated rings. The largest absolute Gasteiger partial charge is 0.318 e. The molecular weight excluding hydrogens is 544 g/mol. The first kappa shape index (κ1) is 29.1. The molecule has 1 aromatic heterocycles. The average molecular weight is 577 g/mol. The van der Waals surface area contributed by atoms with E-state index < -0.39 is 22.5 Å². The van der Waals surface area contributed by atoms with Crippen molar-refractivity contribution in [1.82, 2.24) is 9.99 Å². The monoisotopic (exact) mass is 576 g/mol. The number of carbonyl (C=O) groups excluding carboxylic acids is 1. The highest BCUT2D eigenvalue weighted by Crippen LogP contribution is 2.26. The third-order valence-corrected chi connectivity index (χ3v) is 8.70. The summed E-state index contributed by atoms with van der Waals surface area (Å²) in [4.78, 5) is 13.1. The predicted molar refractivity (Wildman–Crippen MR) is 162 cm³/mol. The highest BCUT2D eigenvalue weighted by Gasteiger charge is 2.27. The number of hydrogen-bond donors (Lipinski definition) is 1. The summed E-state index contributed by atoms with van der Waals surface area (Å²) < 4.78 is 30.4. The molecule has 0 saturated carbocycles. The van der Waals surface area contributed by atoms with Gasteiger partial charge in [-0.25, -0.2) is 13.8 Å². The fourth-order valence-electron chi connectivity index (χ4n) is 4.45. The number of hydrazone groups is 1. The number of aromatic nitrogens is 1. The summed E-state index contributed by atoms with van der Waals surface area (Å²) >= 11 is 6.18. The van der Waals surface area contributed by atoms with E-state index in [9.17, 15) is 13.2 Å². The number of nitrogens with one attached hydrogen (secondary N) is 1. The highest BCUT2D eigenvalue weighted by molar-refractivity contribution is 7.92. The van der Waals surface area contributed by atoms with Crippen LogP contribution in [0.15, 0.2) is 88.9 Å². The molecule has 4 aromatic rings. The molecule has 9 heteroatoms. The minimum Gasteiger partial charge on any atom is -0.318 e. The van der Waals surface area contributed by atoms with Crippen LogP contribution in [0.2, 0.25) is 5.02 Å². The van der Waals surface area contributed by atoms with Gasteiger partial charge in [-0.05, 0) is 80.8 Å². The summed E-state index contributed by atoms with van der Waals surface area (Å²) in [6, 6.07) is 23.3. The Labute approximate surface area is 241 Å². The minimum atomic E-state index is -4.01. The van der Waals surface area contributed by atoms with Gasteiger partial charge < -0.3 is 4.57 Å². The van der Waals surface area contributed by atoms with Crippen molar-refractivity contribution in [2.75, 3.05) is 10.8 Å². The van der Waals surface area contributed by atoms with Crippen LogP contribution in [0.5, 0.6) is 0 Å². The standard InChI is InChI=1S/C31H33ClN4O3S/c1-21(2)25-11-13-28(14-12-25)35(40(38,39)30-15-9-22(3)10-16-30)20-31(37)34-33-19-26-17-23(4)36(24(26)5)29-8-6-7-27(32)18-29/h6-19,21H,20H2,1-5H3,(H,34,37)/b33-19+. The lowest BCUT2D eigenvalue weighted by Crippen LogP contribution is -2.39. The van der Waals surface area contributed by atoms with Crippen LogP contribution in [0.4, 0.5) is 5.69 Å². The zero-order chi connectivity index (χ0) is 29.0. The second-order valence-electron chi connectivity index (χ2n) is 10.0. The van der Waals surface area contributed by atoms with Crippen molar-refractivity contribution < 1.29 is 13.2 Å². The van der Waals surface area contributed by atoms with Gasteiger partial charge >= 0.3 is 0 Å². The average Bonchev–Trinajstić information content (AvgIpc) is 3.20. The molecule has 1 heterocycles. The van der Waals surface area contributed by atoms with Crippen molar-refractivity contribution in [3.8, 4) is 5.69 Å². The van der Waals surface area contributed by atoms with Crippen LogP contribution in [-0.2, 0) is 14.8 Å². The fraction of sp³-hybridized carbons (Fsp3) is 0.226. The van der Waals surface area contributed by atoms with E-state index in [0.717, 1.165) is 38.1 Å². The van der Waals surface area contributed by atoms with Crippen LogP contribution >= 0.6 is 11.6 Å². The number of hydrogen-bond acceptors (Lipinski definition) is 4. The number of rotatable bonds is 9. The Hall–Kier alpha value is -3.88. The first-order valence-corrected chi connectivity index (χ1v) is 14.8. The number of anilines is 1. The van der Waals surface area contributed by atoms with Crippen molar-refractivity contribution in [3.63, 3.8) is 0 Å². The third kappa shape index (κ3) is 6.46. The number of aryl methyl sites for hydroxylation is 2. The number of sulfonamides is 1. The number of halogens is 1. The van der Waals surface area contributed by atoms with Gasteiger partial charge in [0.05, 0.1) is 16.8 Å². The second kappa shape index (κ2) is 12.1. The molecule has 3 aromatic carbocycles. The molecule has 1 amide bonds. The lowest BCUT2D eigenvalue weighted by Gasteiger charge is -2.24. The molecule has 0 radical (unpaired) electrons. The summed E-state index contributed by atoms with van der Waals surface area (Å²) in [5, 5.41) is 4.77. The van der Waals surface area contributed by atoms with Crippen molar-refractivity contribution in [2.45, 2.75) is 45.4 Å². The van der Waals surface area contributed by atoms with E-state index in [1.54, 1.807) is 42.6 Å². The number of amides is 1. The summed E-state index contributed by atoms with van der Waals surface area (Å²) in [5.41, 5.74) is 8.53. The molecule has 7 nitrogen and oxygen atoms in total. The molecule has 0 atom stereocenters. The van der Waals surface area contributed by atoms with Crippen LogP contribution in [-0.4, -0.2) is 31.7 Å². The lowest BCUT2D eigenvalue weighted by atomic mass is 10.0. The van der Waals surface area contributed by atoms with Crippen molar-refractivity contribution in [1.29, 1.82) is 0 Å². The van der Waals surface area contributed by atoms with E-state index >= 15 is 0 Å². The van der Waals surface area contributed by atoms with Crippen LogP contribution in [0, 0.1) is 20.8 Å². The van der Waals surface area contributed by atoms with Gasteiger partial charge in [-0.1, -0.05) is 61.3 Å². The number of nitrogens with zero attached hydrogens (tertiary/aromatic N) is 3. The van der Waals surface area contributed by atoms with Crippen LogP contribution < -0.4 is 9.73 Å². The molecule has 0 aliphatic heterocycles. The van der Waals surface area contributed by atoms with Crippen molar-refractivity contribution in [2.24, 2.45) is 5.10 Å². The maximum atomic E-state index is 13.6. The van der Waals surface area contributed by atoms with Gasteiger partial charge in [0, 0.05) is 27.7 Å².